The summed E-state index contributed by atoms with van der Waals surface area (Å²) >= 11 is 0. The van der Waals surface area contributed by atoms with Crippen molar-refractivity contribution in [2.45, 2.75) is 11.8 Å². The van der Waals surface area contributed by atoms with Gasteiger partial charge in [-0.1, -0.05) is 29.8 Å². The number of sulfonamides is 1. The fourth-order valence-electron chi connectivity index (χ4n) is 1.79. The molecule has 0 heterocycles. The van der Waals surface area contributed by atoms with Gasteiger partial charge < -0.3 is 4.74 Å². The van der Waals surface area contributed by atoms with Crippen LogP contribution in [-0.4, -0.2) is 21.4 Å². The highest BCUT2D eigenvalue weighted by molar-refractivity contribution is 7.89. The normalized spacial score (nSPS) is 11.0. The van der Waals surface area contributed by atoms with Crippen LogP contribution >= 0.6 is 0 Å². The smallest absolute Gasteiger partial charge is 0.266 e. The Morgan fingerprint density at radius 2 is 1.68 bits per heavy atom. The standard InChI is InChI=1S/C15H16N2O4S/c1-11-7-9-12(10-8-11)15(18)16-17-22(19,20)14-6-4-3-5-13(14)21-2/h3-10,17H,1-2H3,(H,16,18). The van der Waals surface area contributed by atoms with Gasteiger partial charge in [-0.3, -0.25) is 10.2 Å². The number of para-hydroxylation sites is 1. The summed E-state index contributed by atoms with van der Waals surface area (Å²) in [6.45, 7) is 1.89. The lowest BCUT2D eigenvalue weighted by Gasteiger charge is -2.11. The summed E-state index contributed by atoms with van der Waals surface area (Å²) in [7, 11) is -2.55. The summed E-state index contributed by atoms with van der Waals surface area (Å²) in [6, 6.07) is 12.9. The first-order valence-corrected chi connectivity index (χ1v) is 7.94. The maximum Gasteiger partial charge on any atom is 0.266 e. The second kappa shape index (κ2) is 6.59. The van der Waals surface area contributed by atoms with Gasteiger partial charge in [0.05, 0.1) is 7.11 Å². The van der Waals surface area contributed by atoms with Crippen molar-refractivity contribution >= 4 is 15.9 Å². The molecule has 0 saturated carbocycles. The Bertz CT molecular complexity index is 770. The zero-order valence-electron chi connectivity index (χ0n) is 12.2. The van der Waals surface area contributed by atoms with Crippen LogP contribution in [0, 0.1) is 6.92 Å². The van der Waals surface area contributed by atoms with Gasteiger partial charge in [0.25, 0.3) is 15.9 Å². The number of hydrogen-bond donors (Lipinski definition) is 2. The zero-order chi connectivity index (χ0) is 16.2. The Kier molecular flexibility index (Phi) is 4.79. The Morgan fingerprint density at radius 3 is 2.32 bits per heavy atom. The average molecular weight is 320 g/mol. The van der Waals surface area contributed by atoms with Crippen LogP contribution in [0.4, 0.5) is 0 Å². The number of hydrogen-bond acceptors (Lipinski definition) is 4. The minimum Gasteiger partial charge on any atom is -0.495 e. The fourth-order valence-corrected chi connectivity index (χ4v) is 2.80. The molecule has 0 saturated heterocycles. The molecule has 2 aromatic carbocycles. The quantitative estimate of drug-likeness (QED) is 0.820. The van der Waals surface area contributed by atoms with Gasteiger partial charge in [-0.25, -0.2) is 8.42 Å². The third-order valence-electron chi connectivity index (χ3n) is 2.97. The van der Waals surface area contributed by atoms with Crippen LogP contribution in [0.3, 0.4) is 0 Å². The number of amides is 1. The molecule has 0 aliphatic heterocycles. The molecule has 0 radical (unpaired) electrons. The SMILES string of the molecule is COc1ccccc1S(=O)(=O)NNC(=O)c1ccc(C)cc1. The number of hydrazine groups is 1. The van der Waals surface area contributed by atoms with E-state index in [2.05, 4.69) is 10.3 Å². The van der Waals surface area contributed by atoms with Crippen LogP contribution in [0.5, 0.6) is 5.75 Å². The molecule has 0 fully saturated rings. The van der Waals surface area contributed by atoms with E-state index in [0.717, 1.165) is 5.56 Å². The van der Waals surface area contributed by atoms with Gasteiger partial charge in [0.15, 0.2) is 0 Å². The summed E-state index contributed by atoms with van der Waals surface area (Å²) in [4.78, 5) is 13.9. The van der Waals surface area contributed by atoms with E-state index < -0.39 is 15.9 Å². The van der Waals surface area contributed by atoms with Gasteiger partial charge in [-0.2, -0.15) is 0 Å². The second-order valence-corrected chi connectivity index (χ2v) is 6.23. The van der Waals surface area contributed by atoms with E-state index in [-0.39, 0.29) is 10.6 Å². The van der Waals surface area contributed by atoms with Crippen molar-refractivity contribution in [2.24, 2.45) is 0 Å². The Hall–Kier alpha value is -2.38. The molecule has 0 aliphatic rings. The Balaban J connectivity index is 2.13. The molecule has 6 nitrogen and oxygen atoms in total. The fraction of sp³-hybridized carbons (Fsp3) is 0.133. The minimum atomic E-state index is -3.92. The lowest BCUT2D eigenvalue weighted by Crippen LogP contribution is -2.41. The molecule has 0 unspecified atom stereocenters. The number of rotatable bonds is 5. The Morgan fingerprint density at radius 1 is 1.05 bits per heavy atom. The number of methoxy groups -OCH3 is 1. The van der Waals surface area contributed by atoms with E-state index in [4.69, 9.17) is 4.74 Å². The molecule has 0 bridgehead atoms. The predicted octanol–water partition coefficient (Wildman–Crippen LogP) is 1.63. The first-order valence-electron chi connectivity index (χ1n) is 6.46. The molecule has 22 heavy (non-hydrogen) atoms. The molecule has 7 heteroatoms. The molecule has 0 spiro atoms. The summed E-state index contributed by atoms with van der Waals surface area (Å²) in [5, 5.41) is 0. The highest BCUT2D eigenvalue weighted by atomic mass is 32.2. The highest BCUT2D eigenvalue weighted by Gasteiger charge is 2.19. The summed E-state index contributed by atoms with van der Waals surface area (Å²) in [5.74, 6) is -0.349. The van der Waals surface area contributed by atoms with Gasteiger partial charge in [-0.15, -0.1) is 4.83 Å². The molecule has 0 aromatic heterocycles. The van der Waals surface area contributed by atoms with Gasteiger partial charge in [0.1, 0.15) is 10.6 Å². The molecule has 0 atom stereocenters. The van der Waals surface area contributed by atoms with Crippen molar-refractivity contribution in [3.63, 3.8) is 0 Å². The van der Waals surface area contributed by atoms with Crippen molar-refractivity contribution in [3.05, 3.63) is 59.7 Å². The van der Waals surface area contributed by atoms with Crippen molar-refractivity contribution in [2.75, 3.05) is 7.11 Å². The van der Waals surface area contributed by atoms with Crippen LogP contribution < -0.4 is 15.0 Å². The van der Waals surface area contributed by atoms with Crippen molar-refractivity contribution < 1.29 is 17.9 Å². The second-order valence-electron chi connectivity index (χ2n) is 4.58. The lowest BCUT2D eigenvalue weighted by molar-refractivity contribution is 0.0945. The van der Waals surface area contributed by atoms with Gasteiger partial charge in [-0.05, 0) is 31.2 Å². The first-order chi connectivity index (χ1) is 10.4. The minimum absolute atomic E-state index is 0.0540. The summed E-state index contributed by atoms with van der Waals surface area (Å²) in [6.07, 6.45) is 0. The van der Waals surface area contributed by atoms with E-state index in [0.29, 0.717) is 5.56 Å². The molecular formula is C15H16N2O4S. The number of benzene rings is 2. The number of nitrogens with one attached hydrogen (secondary N) is 2. The van der Waals surface area contributed by atoms with E-state index in [1.54, 1.807) is 36.4 Å². The largest absolute Gasteiger partial charge is 0.495 e. The van der Waals surface area contributed by atoms with Crippen molar-refractivity contribution in [1.82, 2.24) is 10.3 Å². The molecular weight excluding hydrogens is 304 g/mol. The third-order valence-corrected chi connectivity index (χ3v) is 4.26. The first kappa shape index (κ1) is 16.0. The van der Waals surface area contributed by atoms with E-state index in [1.165, 1.54) is 19.2 Å². The van der Waals surface area contributed by atoms with Crippen LogP contribution in [0.2, 0.25) is 0 Å². The average Bonchev–Trinajstić information content (AvgIpc) is 2.53. The molecule has 1 amide bonds. The maximum absolute atomic E-state index is 12.2. The van der Waals surface area contributed by atoms with E-state index in [1.807, 2.05) is 6.92 Å². The molecule has 2 aromatic rings. The van der Waals surface area contributed by atoms with Crippen molar-refractivity contribution in [3.8, 4) is 5.75 Å². The Labute approximate surface area is 129 Å². The van der Waals surface area contributed by atoms with Crippen LogP contribution in [0.1, 0.15) is 15.9 Å². The maximum atomic E-state index is 12.2. The molecule has 2 rings (SSSR count). The lowest BCUT2D eigenvalue weighted by atomic mass is 10.1. The van der Waals surface area contributed by atoms with E-state index >= 15 is 0 Å². The van der Waals surface area contributed by atoms with Crippen molar-refractivity contribution in [1.29, 1.82) is 0 Å². The third kappa shape index (κ3) is 3.63. The zero-order valence-corrected chi connectivity index (χ0v) is 13.0. The number of aryl methyl sites for hydroxylation is 1. The molecule has 2 N–H and O–H groups in total. The monoisotopic (exact) mass is 320 g/mol. The van der Waals surface area contributed by atoms with E-state index in [9.17, 15) is 13.2 Å². The van der Waals surface area contributed by atoms with Crippen LogP contribution in [0.25, 0.3) is 0 Å². The van der Waals surface area contributed by atoms with Gasteiger partial charge in [0.2, 0.25) is 0 Å². The van der Waals surface area contributed by atoms with Gasteiger partial charge in [0, 0.05) is 5.56 Å². The number of carbonyl (C=O) groups excluding carboxylic acids is 1. The topological polar surface area (TPSA) is 84.5 Å². The van der Waals surface area contributed by atoms with Crippen LogP contribution in [-0.2, 0) is 10.0 Å². The highest BCUT2D eigenvalue weighted by Crippen LogP contribution is 2.21. The predicted molar refractivity (Wildman–Crippen MR) is 82.0 cm³/mol. The summed E-state index contributed by atoms with van der Waals surface area (Å²) < 4.78 is 29.4. The van der Waals surface area contributed by atoms with Gasteiger partial charge >= 0.3 is 0 Å². The van der Waals surface area contributed by atoms with Crippen LogP contribution in [0.15, 0.2) is 53.4 Å². The number of ether oxygens (including phenoxy) is 1. The number of carbonyl (C=O) groups is 1. The molecule has 0 aliphatic carbocycles. The summed E-state index contributed by atoms with van der Waals surface area (Å²) in [5.41, 5.74) is 3.54. The molecule has 116 valence electrons.